The van der Waals surface area contributed by atoms with Crippen LogP contribution in [-0.4, -0.2) is 41.6 Å². The van der Waals surface area contributed by atoms with E-state index in [0.29, 0.717) is 6.04 Å². The molecule has 0 aromatic heterocycles. The summed E-state index contributed by atoms with van der Waals surface area (Å²) in [5.74, 6) is 2.08. The van der Waals surface area contributed by atoms with Crippen LogP contribution < -0.4 is 5.32 Å². The van der Waals surface area contributed by atoms with Gasteiger partial charge in [0.05, 0.1) is 6.04 Å². The maximum atomic E-state index is 12.0. The molecule has 1 rings (SSSR count). The van der Waals surface area contributed by atoms with Gasteiger partial charge >= 0.3 is 0 Å². The summed E-state index contributed by atoms with van der Waals surface area (Å²) in [6, 6.07) is 0.445. The van der Waals surface area contributed by atoms with Crippen molar-refractivity contribution in [1.29, 1.82) is 0 Å². The highest BCUT2D eigenvalue weighted by Gasteiger charge is 2.27. The van der Waals surface area contributed by atoms with Gasteiger partial charge in [-0.2, -0.15) is 0 Å². The molecule has 1 heterocycles. The van der Waals surface area contributed by atoms with E-state index in [1.165, 1.54) is 0 Å². The van der Waals surface area contributed by atoms with Crippen molar-refractivity contribution >= 4 is 17.7 Å². The molecule has 1 aliphatic rings. The van der Waals surface area contributed by atoms with E-state index in [1.807, 2.05) is 11.9 Å². The second kappa shape index (κ2) is 5.61. The first-order chi connectivity index (χ1) is 6.70. The lowest BCUT2D eigenvalue weighted by atomic mass is 10.1. The van der Waals surface area contributed by atoms with Gasteiger partial charge in [-0.3, -0.25) is 10.1 Å². The smallest absolute Gasteiger partial charge is 0.240 e. The van der Waals surface area contributed by atoms with Crippen molar-refractivity contribution in [3.05, 3.63) is 0 Å². The molecule has 1 amide bonds. The summed E-state index contributed by atoms with van der Waals surface area (Å²) in [7, 11) is 1.92. The number of hydrogen-bond acceptors (Lipinski definition) is 3. The van der Waals surface area contributed by atoms with E-state index in [4.69, 9.17) is 0 Å². The normalized spacial score (nSPS) is 21.6. The second-order valence-electron chi connectivity index (χ2n) is 3.69. The first-order valence-electron chi connectivity index (χ1n) is 5.28. The molecule has 0 aromatic carbocycles. The summed E-state index contributed by atoms with van der Waals surface area (Å²) >= 11 is 1.80. The van der Waals surface area contributed by atoms with Gasteiger partial charge in [0.1, 0.15) is 0 Å². The molecule has 4 heteroatoms. The molecule has 0 saturated carbocycles. The fourth-order valence-electron chi connectivity index (χ4n) is 1.82. The highest BCUT2D eigenvalue weighted by Crippen LogP contribution is 2.14. The van der Waals surface area contributed by atoms with Crippen LogP contribution in [0.15, 0.2) is 0 Å². The summed E-state index contributed by atoms with van der Waals surface area (Å²) < 4.78 is 0. The number of rotatable bonds is 4. The lowest BCUT2D eigenvalue weighted by Crippen LogP contribution is -2.47. The largest absolute Gasteiger partial charge is 0.341 e. The van der Waals surface area contributed by atoms with E-state index in [1.54, 1.807) is 11.8 Å². The van der Waals surface area contributed by atoms with Gasteiger partial charge in [-0.1, -0.05) is 13.8 Å². The van der Waals surface area contributed by atoms with Crippen molar-refractivity contribution in [3.8, 4) is 0 Å². The molecule has 1 aliphatic heterocycles. The van der Waals surface area contributed by atoms with Crippen LogP contribution in [-0.2, 0) is 4.79 Å². The van der Waals surface area contributed by atoms with Gasteiger partial charge in [-0.05, 0) is 12.8 Å². The monoisotopic (exact) mass is 216 g/mol. The van der Waals surface area contributed by atoms with Crippen LogP contribution in [0.1, 0.15) is 26.7 Å². The number of carbonyl (C=O) groups excluding carboxylic acids is 1. The Morgan fingerprint density at radius 1 is 1.57 bits per heavy atom. The van der Waals surface area contributed by atoms with Gasteiger partial charge in [0.2, 0.25) is 5.91 Å². The number of amides is 1. The van der Waals surface area contributed by atoms with Crippen molar-refractivity contribution < 1.29 is 4.79 Å². The molecule has 0 radical (unpaired) electrons. The molecule has 0 aromatic rings. The van der Waals surface area contributed by atoms with Crippen LogP contribution in [0.2, 0.25) is 0 Å². The van der Waals surface area contributed by atoms with Crippen LogP contribution in [0.4, 0.5) is 0 Å². The fraction of sp³-hybridized carbons (Fsp3) is 0.900. The third kappa shape index (κ3) is 2.64. The number of carbonyl (C=O) groups is 1. The Morgan fingerprint density at radius 2 is 2.21 bits per heavy atom. The van der Waals surface area contributed by atoms with Crippen molar-refractivity contribution in [2.75, 3.05) is 18.7 Å². The summed E-state index contributed by atoms with van der Waals surface area (Å²) in [6.45, 7) is 4.27. The third-order valence-electron chi connectivity index (χ3n) is 2.85. The van der Waals surface area contributed by atoms with Gasteiger partial charge in [0.25, 0.3) is 0 Å². The Balaban J connectivity index is 2.49. The van der Waals surface area contributed by atoms with Crippen molar-refractivity contribution in [2.24, 2.45) is 0 Å². The number of hydrogen-bond donors (Lipinski definition) is 1. The molecule has 1 N–H and O–H groups in total. The molecule has 14 heavy (non-hydrogen) atoms. The average molecular weight is 216 g/mol. The summed E-state index contributed by atoms with van der Waals surface area (Å²) in [6.07, 6.45) is 2.08. The molecule has 1 unspecified atom stereocenters. The number of nitrogens with zero attached hydrogens (tertiary/aromatic N) is 1. The van der Waals surface area contributed by atoms with E-state index in [9.17, 15) is 4.79 Å². The summed E-state index contributed by atoms with van der Waals surface area (Å²) in [4.78, 5) is 13.9. The van der Waals surface area contributed by atoms with Crippen LogP contribution in [0.3, 0.4) is 0 Å². The van der Waals surface area contributed by atoms with E-state index >= 15 is 0 Å². The molecule has 0 aliphatic carbocycles. The van der Waals surface area contributed by atoms with Crippen LogP contribution in [0.5, 0.6) is 0 Å². The molecule has 0 spiro atoms. The Hall–Kier alpha value is -0.220. The van der Waals surface area contributed by atoms with E-state index < -0.39 is 0 Å². The quantitative estimate of drug-likeness (QED) is 0.768. The first kappa shape index (κ1) is 11.9. The molecule has 0 bridgehead atoms. The minimum absolute atomic E-state index is 0.0469. The highest BCUT2D eigenvalue weighted by molar-refractivity contribution is 7.99. The third-order valence-corrected chi connectivity index (χ3v) is 3.79. The standard InChI is InChI=1S/C10H20N2OS/c1-4-8(5-2)12(3)10(13)9-6-14-7-11-9/h8-9,11H,4-7H2,1-3H3. The molecular weight excluding hydrogens is 196 g/mol. The number of thioether (sulfide) groups is 1. The molecular formula is C10H20N2OS. The topological polar surface area (TPSA) is 32.3 Å². The molecule has 1 fully saturated rings. The predicted octanol–water partition coefficient (Wildman–Crippen LogP) is 1.30. The van der Waals surface area contributed by atoms with Gasteiger partial charge < -0.3 is 4.90 Å². The maximum absolute atomic E-state index is 12.0. The molecule has 1 saturated heterocycles. The Kier molecular flexibility index (Phi) is 4.75. The van der Waals surface area contributed by atoms with Crippen molar-refractivity contribution in [3.63, 3.8) is 0 Å². The van der Waals surface area contributed by atoms with Crippen LogP contribution in [0.25, 0.3) is 0 Å². The lowest BCUT2D eigenvalue weighted by molar-refractivity contribution is -0.133. The second-order valence-corrected chi connectivity index (χ2v) is 4.72. The minimum Gasteiger partial charge on any atom is -0.341 e. The first-order valence-corrected chi connectivity index (χ1v) is 6.44. The van der Waals surface area contributed by atoms with E-state index in [-0.39, 0.29) is 11.9 Å². The summed E-state index contributed by atoms with van der Waals surface area (Å²) in [5, 5.41) is 3.21. The highest BCUT2D eigenvalue weighted by atomic mass is 32.2. The number of nitrogens with one attached hydrogen (secondary N) is 1. The zero-order chi connectivity index (χ0) is 10.6. The van der Waals surface area contributed by atoms with Crippen molar-refractivity contribution in [2.45, 2.75) is 38.8 Å². The Bertz CT molecular complexity index is 189. The SMILES string of the molecule is CCC(CC)N(C)C(=O)C1CSCN1. The zero-order valence-electron chi connectivity index (χ0n) is 9.25. The molecule has 1 atom stereocenters. The zero-order valence-corrected chi connectivity index (χ0v) is 10.1. The van der Waals surface area contributed by atoms with Gasteiger partial charge in [0.15, 0.2) is 0 Å². The van der Waals surface area contributed by atoms with Gasteiger partial charge in [-0.15, -0.1) is 11.8 Å². The fourth-order valence-corrected chi connectivity index (χ4v) is 2.75. The summed E-state index contributed by atoms with van der Waals surface area (Å²) in [5.41, 5.74) is 0. The van der Waals surface area contributed by atoms with Crippen LogP contribution in [0, 0.1) is 0 Å². The van der Waals surface area contributed by atoms with E-state index in [0.717, 1.165) is 24.5 Å². The minimum atomic E-state index is 0.0469. The lowest BCUT2D eigenvalue weighted by Gasteiger charge is -2.28. The maximum Gasteiger partial charge on any atom is 0.240 e. The van der Waals surface area contributed by atoms with E-state index in [2.05, 4.69) is 19.2 Å². The van der Waals surface area contributed by atoms with Gasteiger partial charge in [-0.25, -0.2) is 0 Å². The Labute approximate surface area is 90.6 Å². The Morgan fingerprint density at radius 3 is 2.64 bits per heavy atom. The number of likely N-dealkylation sites (N-methyl/N-ethyl adjacent to an activating group) is 1. The van der Waals surface area contributed by atoms with Crippen molar-refractivity contribution in [1.82, 2.24) is 10.2 Å². The molecule has 3 nitrogen and oxygen atoms in total. The molecule has 82 valence electrons. The average Bonchev–Trinajstić information content (AvgIpc) is 2.71. The van der Waals surface area contributed by atoms with Gasteiger partial charge in [0, 0.05) is 24.7 Å². The predicted molar refractivity (Wildman–Crippen MR) is 61.4 cm³/mol. The van der Waals surface area contributed by atoms with Crippen LogP contribution >= 0.6 is 11.8 Å².